The van der Waals surface area contributed by atoms with E-state index in [0.29, 0.717) is 25.8 Å². The van der Waals surface area contributed by atoms with Crippen molar-refractivity contribution in [2.24, 2.45) is 0 Å². The maximum Gasteiger partial charge on any atom is 0.246 e. The molecule has 1 heterocycles. The van der Waals surface area contributed by atoms with Gasteiger partial charge in [-0.05, 0) is 26.2 Å². The minimum atomic E-state index is -0.680. The van der Waals surface area contributed by atoms with Crippen molar-refractivity contribution in [2.45, 2.75) is 65.0 Å². The molecule has 1 rings (SSSR count). The highest BCUT2D eigenvalue weighted by Crippen LogP contribution is 2.29. The maximum atomic E-state index is 12.6. The number of carbonyl (C=O) groups excluding carboxylic acids is 2. The van der Waals surface area contributed by atoms with Crippen LogP contribution in [-0.4, -0.2) is 34.8 Å². The van der Waals surface area contributed by atoms with Crippen LogP contribution in [-0.2, 0) is 9.59 Å². The average Bonchev–Trinajstić information content (AvgIpc) is 2.41. The van der Waals surface area contributed by atoms with E-state index in [1.165, 1.54) is 0 Å². The van der Waals surface area contributed by atoms with E-state index in [-0.39, 0.29) is 17.9 Å². The molecule has 0 saturated carbocycles. The highest BCUT2D eigenvalue weighted by Gasteiger charge is 2.49. The molecule has 1 aliphatic rings. The Balaban J connectivity index is 3.09. The Kier molecular flexibility index (Phi) is 5.58. The van der Waals surface area contributed by atoms with Gasteiger partial charge in [-0.3, -0.25) is 9.59 Å². The van der Waals surface area contributed by atoms with Crippen LogP contribution in [0.3, 0.4) is 0 Å². The Morgan fingerprint density at radius 3 is 2.37 bits per heavy atom. The Hall–Kier alpha value is -1.32. The lowest BCUT2D eigenvalue weighted by Crippen LogP contribution is -2.70. The van der Waals surface area contributed by atoms with Gasteiger partial charge < -0.3 is 10.2 Å². The Labute approximate surface area is 116 Å². The molecule has 0 radical (unpaired) electrons. The molecule has 1 N–H and O–H groups in total. The molecule has 0 aromatic carbocycles. The summed E-state index contributed by atoms with van der Waals surface area (Å²) in [5.74, 6) is 0.0586. The largest absolute Gasteiger partial charge is 0.342 e. The predicted molar refractivity (Wildman–Crippen MR) is 76.7 cm³/mol. The van der Waals surface area contributed by atoms with Gasteiger partial charge in [0.15, 0.2) is 0 Å². The second kappa shape index (κ2) is 6.73. The van der Waals surface area contributed by atoms with E-state index >= 15 is 0 Å². The number of hydrogen-bond donors (Lipinski definition) is 1. The molecule has 0 aliphatic carbocycles. The van der Waals surface area contributed by atoms with E-state index in [4.69, 9.17) is 0 Å². The lowest BCUT2D eigenvalue weighted by atomic mass is 9.85. The highest BCUT2D eigenvalue weighted by molar-refractivity contribution is 5.99. The summed E-state index contributed by atoms with van der Waals surface area (Å²) in [7, 11) is 0. The average molecular weight is 266 g/mol. The SMILES string of the molecule is C/C=C/CN1C(=O)C(CCC)NC(=O)C1(CC)CC. The lowest BCUT2D eigenvalue weighted by Gasteiger charge is -2.47. The summed E-state index contributed by atoms with van der Waals surface area (Å²) < 4.78 is 0. The molecule has 1 fully saturated rings. The highest BCUT2D eigenvalue weighted by atomic mass is 16.2. The summed E-state index contributed by atoms with van der Waals surface area (Å²) in [6.45, 7) is 8.41. The van der Waals surface area contributed by atoms with Crippen LogP contribution in [0.15, 0.2) is 12.2 Å². The van der Waals surface area contributed by atoms with Crippen LogP contribution >= 0.6 is 0 Å². The monoisotopic (exact) mass is 266 g/mol. The van der Waals surface area contributed by atoms with Crippen molar-refractivity contribution in [3.05, 3.63) is 12.2 Å². The molecule has 108 valence electrons. The minimum Gasteiger partial charge on any atom is -0.342 e. The second-order valence-electron chi connectivity index (χ2n) is 5.07. The third-order valence-electron chi connectivity index (χ3n) is 4.08. The molecular weight excluding hydrogens is 240 g/mol. The first-order chi connectivity index (χ1) is 9.07. The summed E-state index contributed by atoms with van der Waals surface area (Å²) in [5, 5.41) is 2.91. The number of rotatable bonds is 6. The van der Waals surface area contributed by atoms with Crippen LogP contribution in [0.1, 0.15) is 53.4 Å². The normalized spacial score (nSPS) is 22.9. The molecule has 1 atom stereocenters. The third kappa shape index (κ3) is 2.82. The molecule has 19 heavy (non-hydrogen) atoms. The maximum absolute atomic E-state index is 12.6. The molecule has 0 aromatic heterocycles. The van der Waals surface area contributed by atoms with Gasteiger partial charge in [0.2, 0.25) is 11.8 Å². The standard InChI is InChI=1S/C15H26N2O2/c1-5-9-11-17-13(18)12(10-6-2)16-14(19)15(17,7-3)8-4/h5,9,12H,6-8,10-11H2,1-4H3,(H,16,19)/b9-5+. The van der Waals surface area contributed by atoms with E-state index in [2.05, 4.69) is 5.32 Å². The van der Waals surface area contributed by atoms with Crippen molar-refractivity contribution in [3.63, 3.8) is 0 Å². The smallest absolute Gasteiger partial charge is 0.246 e. The van der Waals surface area contributed by atoms with Gasteiger partial charge in [0.1, 0.15) is 11.6 Å². The van der Waals surface area contributed by atoms with Gasteiger partial charge in [-0.2, -0.15) is 0 Å². The number of carbonyl (C=O) groups is 2. The van der Waals surface area contributed by atoms with E-state index in [1.807, 2.05) is 39.8 Å². The van der Waals surface area contributed by atoms with Gasteiger partial charge >= 0.3 is 0 Å². The fourth-order valence-electron chi connectivity index (χ4n) is 2.79. The number of allylic oxidation sites excluding steroid dienone is 1. The van der Waals surface area contributed by atoms with Crippen molar-refractivity contribution < 1.29 is 9.59 Å². The number of nitrogens with one attached hydrogen (secondary N) is 1. The van der Waals surface area contributed by atoms with Crippen LogP contribution in [0.5, 0.6) is 0 Å². The number of hydrogen-bond acceptors (Lipinski definition) is 2. The zero-order valence-electron chi connectivity index (χ0n) is 12.5. The Morgan fingerprint density at radius 1 is 1.26 bits per heavy atom. The molecule has 1 aliphatic heterocycles. The van der Waals surface area contributed by atoms with Gasteiger partial charge in [-0.25, -0.2) is 0 Å². The van der Waals surface area contributed by atoms with Crippen LogP contribution in [0, 0.1) is 0 Å². The first-order valence-electron chi connectivity index (χ1n) is 7.30. The second-order valence-corrected chi connectivity index (χ2v) is 5.07. The first kappa shape index (κ1) is 15.7. The van der Waals surface area contributed by atoms with E-state index in [1.54, 1.807) is 4.90 Å². The van der Waals surface area contributed by atoms with Crippen LogP contribution < -0.4 is 5.32 Å². The first-order valence-corrected chi connectivity index (χ1v) is 7.30. The number of piperazine rings is 1. The fourth-order valence-corrected chi connectivity index (χ4v) is 2.79. The number of nitrogens with zero attached hydrogens (tertiary/aromatic N) is 1. The van der Waals surface area contributed by atoms with Crippen molar-refractivity contribution in [1.29, 1.82) is 0 Å². The molecule has 0 spiro atoms. The van der Waals surface area contributed by atoms with Crippen LogP contribution in [0.25, 0.3) is 0 Å². The summed E-state index contributed by atoms with van der Waals surface area (Å²) in [6.07, 6.45) is 6.76. The van der Waals surface area contributed by atoms with Gasteiger partial charge in [0.05, 0.1) is 0 Å². The van der Waals surface area contributed by atoms with Crippen molar-refractivity contribution in [3.8, 4) is 0 Å². The quantitative estimate of drug-likeness (QED) is 0.750. The molecular formula is C15H26N2O2. The summed E-state index contributed by atoms with van der Waals surface area (Å²) in [5.41, 5.74) is -0.680. The predicted octanol–water partition coefficient (Wildman–Crippen LogP) is 2.25. The molecule has 4 heteroatoms. The molecule has 2 amide bonds. The van der Waals surface area contributed by atoms with Crippen molar-refractivity contribution in [2.75, 3.05) is 6.54 Å². The lowest BCUT2D eigenvalue weighted by molar-refractivity contribution is -0.157. The topological polar surface area (TPSA) is 49.4 Å². The Morgan fingerprint density at radius 2 is 1.89 bits per heavy atom. The Bertz CT molecular complexity index is 359. The van der Waals surface area contributed by atoms with E-state index in [9.17, 15) is 9.59 Å². The fraction of sp³-hybridized carbons (Fsp3) is 0.733. The van der Waals surface area contributed by atoms with Gasteiger partial charge in [-0.1, -0.05) is 39.3 Å². The van der Waals surface area contributed by atoms with Crippen molar-refractivity contribution >= 4 is 11.8 Å². The summed E-state index contributed by atoms with van der Waals surface area (Å²) in [4.78, 5) is 26.8. The summed E-state index contributed by atoms with van der Waals surface area (Å²) >= 11 is 0. The molecule has 0 bridgehead atoms. The third-order valence-corrected chi connectivity index (χ3v) is 4.08. The molecule has 0 aromatic rings. The summed E-state index contributed by atoms with van der Waals surface area (Å²) in [6, 6.07) is -0.353. The van der Waals surface area contributed by atoms with Gasteiger partial charge in [0.25, 0.3) is 0 Å². The molecule has 4 nitrogen and oxygen atoms in total. The number of amides is 2. The van der Waals surface area contributed by atoms with E-state index in [0.717, 1.165) is 6.42 Å². The van der Waals surface area contributed by atoms with Gasteiger partial charge in [0, 0.05) is 6.54 Å². The minimum absolute atomic E-state index is 0.0000491. The van der Waals surface area contributed by atoms with Crippen molar-refractivity contribution in [1.82, 2.24) is 10.2 Å². The molecule has 1 unspecified atom stereocenters. The van der Waals surface area contributed by atoms with Crippen LogP contribution in [0.2, 0.25) is 0 Å². The van der Waals surface area contributed by atoms with E-state index < -0.39 is 5.54 Å². The van der Waals surface area contributed by atoms with Crippen LogP contribution in [0.4, 0.5) is 0 Å². The zero-order valence-corrected chi connectivity index (χ0v) is 12.5. The molecule has 1 saturated heterocycles. The zero-order chi connectivity index (χ0) is 14.5. The van der Waals surface area contributed by atoms with Gasteiger partial charge in [-0.15, -0.1) is 0 Å².